The van der Waals surface area contributed by atoms with E-state index in [-0.39, 0.29) is 5.91 Å². The molecule has 0 bridgehead atoms. The Balaban J connectivity index is 1.81. The SMILES string of the molecule is CCCN(CCC)C(=O)c1cccc(-c2nnc(C(C)(N)Cc3ccccc3)o2)c1. The van der Waals surface area contributed by atoms with E-state index in [4.69, 9.17) is 10.2 Å². The van der Waals surface area contributed by atoms with Crippen LogP contribution in [0.4, 0.5) is 0 Å². The molecule has 0 aliphatic rings. The van der Waals surface area contributed by atoms with Gasteiger partial charge in [-0.2, -0.15) is 0 Å². The van der Waals surface area contributed by atoms with E-state index >= 15 is 0 Å². The van der Waals surface area contributed by atoms with Crippen LogP contribution >= 0.6 is 0 Å². The van der Waals surface area contributed by atoms with Crippen LogP contribution in [0.3, 0.4) is 0 Å². The van der Waals surface area contributed by atoms with Gasteiger partial charge in [0, 0.05) is 24.2 Å². The van der Waals surface area contributed by atoms with E-state index in [1.807, 2.05) is 66.4 Å². The van der Waals surface area contributed by atoms with Crippen molar-refractivity contribution >= 4 is 5.91 Å². The van der Waals surface area contributed by atoms with Gasteiger partial charge in [0.25, 0.3) is 5.91 Å². The second-order valence-electron chi connectivity index (χ2n) is 7.87. The summed E-state index contributed by atoms with van der Waals surface area (Å²) >= 11 is 0. The molecule has 0 radical (unpaired) electrons. The van der Waals surface area contributed by atoms with Crippen LogP contribution in [-0.2, 0) is 12.0 Å². The third-order valence-electron chi connectivity index (χ3n) is 4.96. The molecule has 3 rings (SSSR count). The Hall–Kier alpha value is -2.99. The first-order valence-electron chi connectivity index (χ1n) is 10.5. The predicted molar refractivity (Wildman–Crippen MR) is 118 cm³/mol. The Morgan fingerprint density at radius 1 is 1.03 bits per heavy atom. The van der Waals surface area contributed by atoms with Crippen molar-refractivity contribution in [1.82, 2.24) is 15.1 Å². The lowest BCUT2D eigenvalue weighted by atomic mass is 9.94. The highest BCUT2D eigenvalue weighted by atomic mass is 16.4. The summed E-state index contributed by atoms with van der Waals surface area (Å²) < 4.78 is 5.92. The number of carbonyl (C=O) groups excluding carboxylic acids is 1. The Bertz CT molecular complexity index is 960. The van der Waals surface area contributed by atoms with Gasteiger partial charge in [-0.25, -0.2) is 0 Å². The highest BCUT2D eigenvalue weighted by Crippen LogP contribution is 2.26. The van der Waals surface area contributed by atoms with E-state index in [9.17, 15) is 4.79 Å². The first-order valence-corrected chi connectivity index (χ1v) is 10.5. The second-order valence-corrected chi connectivity index (χ2v) is 7.87. The fourth-order valence-corrected chi connectivity index (χ4v) is 3.49. The lowest BCUT2D eigenvalue weighted by Crippen LogP contribution is -2.35. The number of nitrogens with zero attached hydrogens (tertiary/aromatic N) is 3. The van der Waals surface area contributed by atoms with Gasteiger partial charge >= 0.3 is 0 Å². The zero-order chi connectivity index (χ0) is 21.6. The maximum Gasteiger partial charge on any atom is 0.253 e. The molecule has 158 valence electrons. The maximum absolute atomic E-state index is 12.9. The van der Waals surface area contributed by atoms with E-state index in [1.165, 1.54) is 0 Å². The van der Waals surface area contributed by atoms with Crippen molar-refractivity contribution in [2.75, 3.05) is 13.1 Å². The fourth-order valence-electron chi connectivity index (χ4n) is 3.49. The summed E-state index contributed by atoms with van der Waals surface area (Å²) in [4.78, 5) is 14.8. The van der Waals surface area contributed by atoms with Crippen molar-refractivity contribution in [2.24, 2.45) is 5.73 Å². The molecule has 6 nitrogen and oxygen atoms in total. The van der Waals surface area contributed by atoms with Crippen LogP contribution in [0.15, 0.2) is 59.0 Å². The number of benzene rings is 2. The maximum atomic E-state index is 12.9. The lowest BCUT2D eigenvalue weighted by Gasteiger charge is -2.21. The Labute approximate surface area is 178 Å². The predicted octanol–water partition coefficient (Wildman–Crippen LogP) is 4.42. The fraction of sp³-hybridized carbons (Fsp3) is 0.375. The molecule has 1 unspecified atom stereocenters. The van der Waals surface area contributed by atoms with E-state index < -0.39 is 5.54 Å². The smallest absolute Gasteiger partial charge is 0.253 e. The summed E-state index contributed by atoms with van der Waals surface area (Å²) in [7, 11) is 0. The van der Waals surface area contributed by atoms with E-state index in [1.54, 1.807) is 0 Å². The summed E-state index contributed by atoms with van der Waals surface area (Å²) in [5, 5.41) is 8.38. The van der Waals surface area contributed by atoms with Crippen molar-refractivity contribution in [3.63, 3.8) is 0 Å². The minimum Gasteiger partial charge on any atom is -0.419 e. The first-order chi connectivity index (χ1) is 14.4. The normalized spacial score (nSPS) is 13.1. The average Bonchev–Trinajstić information content (AvgIpc) is 3.25. The van der Waals surface area contributed by atoms with E-state index in [0.717, 1.165) is 31.5 Å². The quantitative estimate of drug-likeness (QED) is 0.569. The van der Waals surface area contributed by atoms with Crippen molar-refractivity contribution < 1.29 is 9.21 Å². The molecular formula is C24H30N4O2. The zero-order valence-electron chi connectivity index (χ0n) is 18.0. The molecule has 2 aromatic carbocycles. The van der Waals surface area contributed by atoms with Crippen LogP contribution in [0.1, 0.15) is 55.4 Å². The van der Waals surface area contributed by atoms with Crippen molar-refractivity contribution in [3.05, 3.63) is 71.6 Å². The van der Waals surface area contributed by atoms with Gasteiger partial charge in [-0.3, -0.25) is 4.79 Å². The topological polar surface area (TPSA) is 85.2 Å². The van der Waals surface area contributed by atoms with Crippen LogP contribution in [0.2, 0.25) is 0 Å². The molecule has 6 heteroatoms. The summed E-state index contributed by atoms with van der Waals surface area (Å²) in [5.41, 5.74) is 8.13. The van der Waals surface area contributed by atoms with Crippen LogP contribution < -0.4 is 5.73 Å². The number of aromatic nitrogens is 2. The molecule has 1 amide bonds. The first kappa shape index (κ1) is 21.7. The third-order valence-corrected chi connectivity index (χ3v) is 4.96. The number of amides is 1. The minimum atomic E-state index is -0.793. The Morgan fingerprint density at radius 2 is 1.73 bits per heavy atom. The average molecular weight is 407 g/mol. The molecule has 30 heavy (non-hydrogen) atoms. The van der Waals surface area contributed by atoms with E-state index in [0.29, 0.717) is 29.3 Å². The van der Waals surface area contributed by atoms with Gasteiger partial charge in [0.2, 0.25) is 11.8 Å². The summed E-state index contributed by atoms with van der Waals surface area (Å²) in [6.07, 6.45) is 2.43. The molecular weight excluding hydrogens is 376 g/mol. The molecule has 0 fully saturated rings. The molecule has 0 aliphatic heterocycles. The molecule has 2 N–H and O–H groups in total. The van der Waals surface area contributed by atoms with Crippen molar-refractivity contribution in [2.45, 2.75) is 45.6 Å². The van der Waals surface area contributed by atoms with Gasteiger partial charge < -0.3 is 15.1 Å². The van der Waals surface area contributed by atoms with Gasteiger partial charge in [-0.05, 0) is 49.9 Å². The van der Waals surface area contributed by atoms with Gasteiger partial charge in [-0.15, -0.1) is 10.2 Å². The molecule has 1 atom stereocenters. The van der Waals surface area contributed by atoms with Crippen molar-refractivity contribution in [3.8, 4) is 11.5 Å². The number of hydrogen-bond donors (Lipinski definition) is 1. The lowest BCUT2D eigenvalue weighted by molar-refractivity contribution is 0.0755. The standard InChI is InChI=1S/C24H30N4O2/c1-4-14-28(15-5-2)22(29)20-13-9-12-19(16-20)21-26-27-23(30-21)24(3,25)17-18-10-7-6-8-11-18/h6-13,16H,4-5,14-15,17,25H2,1-3H3. The highest BCUT2D eigenvalue weighted by molar-refractivity contribution is 5.95. The Kier molecular flexibility index (Phi) is 7.00. The number of carbonyl (C=O) groups is 1. The highest BCUT2D eigenvalue weighted by Gasteiger charge is 2.29. The molecule has 0 spiro atoms. The van der Waals surface area contributed by atoms with Crippen LogP contribution in [0.25, 0.3) is 11.5 Å². The van der Waals surface area contributed by atoms with Gasteiger partial charge in [-0.1, -0.05) is 50.2 Å². The largest absolute Gasteiger partial charge is 0.419 e. The van der Waals surface area contributed by atoms with Gasteiger partial charge in [0.15, 0.2) is 0 Å². The Morgan fingerprint density at radius 3 is 2.40 bits per heavy atom. The minimum absolute atomic E-state index is 0.0213. The van der Waals surface area contributed by atoms with Gasteiger partial charge in [0.05, 0.1) is 5.54 Å². The van der Waals surface area contributed by atoms with Crippen LogP contribution in [-0.4, -0.2) is 34.1 Å². The second kappa shape index (κ2) is 9.67. The molecule has 1 aromatic heterocycles. The summed E-state index contributed by atoms with van der Waals surface area (Å²) in [6.45, 7) is 7.51. The molecule has 0 saturated carbocycles. The third kappa shape index (κ3) is 5.13. The van der Waals surface area contributed by atoms with Gasteiger partial charge in [0.1, 0.15) is 0 Å². The van der Waals surface area contributed by atoms with Crippen LogP contribution in [0, 0.1) is 0 Å². The van der Waals surface area contributed by atoms with Crippen molar-refractivity contribution in [1.29, 1.82) is 0 Å². The number of rotatable bonds is 9. The van der Waals surface area contributed by atoms with E-state index in [2.05, 4.69) is 24.0 Å². The molecule has 0 aliphatic carbocycles. The molecule has 1 heterocycles. The summed E-state index contributed by atoms with van der Waals surface area (Å²) in [6, 6.07) is 17.3. The summed E-state index contributed by atoms with van der Waals surface area (Å²) in [5.74, 6) is 0.756. The monoisotopic (exact) mass is 406 g/mol. The number of nitrogens with two attached hydrogens (primary N) is 1. The zero-order valence-corrected chi connectivity index (χ0v) is 18.0. The van der Waals surface area contributed by atoms with Crippen LogP contribution in [0.5, 0.6) is 0 Å². The molecule has 3 aromatic rings. The number of hydrogen-bond acceptors (Lipinski definition) is 5. The molecule has 0 saturated heterocycles.